The van der Waals surface area contributed by atoms with Gasteiger partial charge in [-0.25, -0.2) is 4.98 Å². The fourth-order valence-corrected chi connectivity index (χ4v) is 2.51. The van der Waals surface area contributed by atoms with E-state index in [1.165, 1.54) is 0 Å². The van der Waals surface area contributed by atoms with Crippen molar-refractivity contribution in [2.45, 2.75) is 13.3 Å². The summed E-state index contributed by atoms with van der Waals surface area (Å²) in [5, 5.41) is 2.77. The average Bonchev–Trinajstić information content (AvgIpc) is 2.92. The second-order valence-electron chi connectivity index (χ2n) is 5.45. The van der Waals surface area contributed by atoms with Gasteiger partial charge in [-0.3, -0.25) is 9.59 Å². The zero-order valence-electron chi connectivity index (χ0n) is 12.3. The summed E-state index contributed by atoms with van der Waals surface area (Å²) in [6.07, 6.45) is 1.93. The summed E-state index contributed by atoms with van der Waals surface area (Å²) in [6.45, 7) is 2.34. The molecule has 1 aliphatic heterocycles. The summed E-state index contributed by atoms with van der Waals surface area (Å²) in [5.41, 5.74) is 1.86. The van der Waals surface area contributed by atoms with E-state index in [0.717, 1.165) is 11.3 Å². The number of anilines is 2. The summed E-state index contributed by atoms with van der Waals surface area (Å²) in [4.78, 5) is 30.2. The highest BCUT2D eigenvalue weighted by molar-refractivity contribution is 6.03. The molecule has 22 heavy (non-hydrogen) atoms. The molecule has 0 bridgehead atoms. The van der Waals surface area contributed by atoms with Crippen LogP contribution in [0.15, 0.2) is 48.7 Å². The van der Waals surface area contributed by atoms with Gasteiger partial charge < -0.3 is 10.2 Å². The number of nitrogens with zero attached hydrogens (tertiary/aromatic N) is 2. The van der Waals surface area contributed by atoms with Crippen molar-refractivity contribution in [3.05, 3.63) is 54.2 Å². The highest BCUT2D eigenvalue weighted by Gasteiger charge is 2.35. The summed E-state index contributed by atoms with van der Waals surface area (Å²) < 4.78 is 0. The van der Waals surface area contributed by atoms with Crippen LogP contribution in [0.3, 0.4) is 0 Å². The number of pyridine rings is 1. The second kappa shape index (κ2) is 5.97. The molecule has 2 aromatic rings. The first-order chi connectivity index (χ1) is 10.6. The molecule has 1 fully saturated rings. The summed E-state index contributed by atoms with van der Waals surface area (Å²) in [7, 11) is 0. The molecule has 1 atom stereocenters. The topological polar surface area (TPSA) is 62.3 Å². The van der Waals surface area contributed by atoms with E-state index < -0.39 is 0 Å². The Bertz CT molecular complexity index is 683. The number of hydrogen-bond acceptors (Lipinski definition) is 3. The number of rotatable bonds is 3. The molecule has 2 amide bonds. The molecular weight excluding hydrogens is 278 g/mol. The number of benzene rings is 1. The smallest absolute Gasteiger partial charge is 0.230 e. The number of aromatic nitrogens is 1. The molecule has 3 rings (SSSR count). The van der Waals surface area contributed by atoms with Crippen LogP contribution in [0, 0.1) is 12.8 Å². The lowest BCUT2D eigenvalue weighted by Crippen LogP contribution is -2.28. The van der Waals surface area contributed by atoms with Crippen molar-refractivity contribution in [1.29, 1.82) is 0 Å². The highest BCUT2D eigenvalue weighted by atomic mass is 16.2. The molecule has 0 radical (unpaired) electrons. The van der Waals surface area contributed by atoms with Gasteiger partial charge in [0.05, 0.1) is 5.92 Å². The third-order valence-electron chi connectivity index (χ3n) is 3.73. The van der Waals surface area contributed by atoms with Crippen LogP contribution in [0.4, 0.5) is 11.5 Å². The van der Waals surface area contributed by atoms with E-state index in [1.54, 1.807) is 17.2 Å². The van der Waals surface area contributed by atoms with Gasteiger partial charge in [-0.2, -0.15) is 0 Å². The Labute approximate surface area is 129 Å². The number of amides is 2. The number of nitrogens with one attached hydrogen (secondary N) is 1. The molecule has 112 valence electrons. The Morgan fingerprint density at radius 2 is 2.00 bits per heavy atom. The molecule has 0 spiro atoms. The van der Waals surface area contributed by atoms with Crippen molar-refractivity contribution in [1.82, 2.24) is 4.98 Å². The maximum atomic E-state index is 12.3. The zero-order chi connectivity index (χ0) is 15.5. The number of carbonyl (C=O) groups is 2. The van der Waals surface area contributed by atoms with Gasteiger partial charge in [0.15, 0.2) is 0 Å². The van der Waals surface area contributed by atoms with Crippen LogP contribution >= 0.6 is 0 Å². The average molecular weight is 295 g/mol. The minimum absolute atomic E-state index is 0.0248. The van der Waals surface area contributed by atoms with Crippen LogP contribution in [-0.2, 0) is 9.59 Å². The van der Waals surface area contributed by atoms with Crippen LogP contribution in [0.25, 0.3) is 0 Å². The predicted octanol–water partition coefficient (Wildman–Crippen LogP) is 2.38. The van der Waals surface area contributed by atoms with Crippen molar-refractivity contribution in [2.24, 2.45) is 5.92 Å². The Morgan fingerprint density at radius 3 is 2.68 bits per heavy atom. The molecule has 1 aromatic heterocycles. The fourth-order valence-electron chi connectivity index (χ4n) is 2.51. The van der Waals surface area contributed by atoms with Crippen molar-refractivity contribution in [3.8, 4) is 0 Å². The van der Waals surface area contributed by atoms with E-state index in [2.05, 4.69) is 10.3 Å². The second-order valence-corrected chi connectivity index (χ2v) is 5.45. The first-order valence-corrected chi connectivity index (χ1v) is 7.22. The molecule has 5 heteroatoms. The number of carbonyl (C=O) groups excluding carboxylic acids is 2. The Morgan fingerprint density at radius 1 is 1.23 bits per heavy atom. The lowest BCUT2D eigenvalue weighted by atomic mass is 10.1. The fraction of sp³-hybridized carbons (Fsp3) is 0.235. The molecule has 0 saturated carbocycles. The summed E-state index contributed by atoms with van der Waals surface area (Å²) in [6, 6.07) is 13.1. The molecule has 1 aromatic carbocycles. The van der Waals surface area contributed by atoms with Crippen LogP contribution in [-0.4, -0.2) is 23.3 Å². The zero-order valence-corrected chi connectivity index (χ0v) is 12.3. The maximum absolute atomic E-state index is 12.3. The highest BCUT2D eigenvalue weighted by Crippen LogP contribution is 2.25. The van der Waals surface area contributed by atoms with Crippen LogP contribution in [0.1, 0.15) is 12.0 Å². The molecule has 1 aliphatic rings. The largest absolute Gasteiger partial charge is 0.312 e. The van der Waals surface area contributed by atoms with Gasteiger partial charge in [0.25, 0.3) is 0 Å². The van der Waals surface area contributed by atoms with E-state index >= 15 is 0 Å². The third-order valence-corrected chi connectivity index (χ3v) is 3.73. The molecule has 2 heterocycles. The van der Waals surface area contributed by atoms with Gasteiger partial charge in [0.1, 0.15) is 5.82 Å². The number of aryl methyl sites for hydroxylation is 1. The SMILES string of the molecule is Cc1ccc(NC(=O)C2CC(=O)N(c3ccccc3)C2)nc1. The first-order valence-electron chi connectivity index (χ1n) is 7.22. The van der Waals surface area contributed by atoms with Gasteiger partial charge in [0, 0.05) is 24.8 Å². The van der Waals surface area contributed by atoms with Crippen LogP contribution < -0.4 is 10.2 Å². The quantitative estimate of drug-likeness (QED) is 0.945. The first kappa shape index (κ1) is 14.3. The monoisotopic (exact) mass is 295 g/mol. The lowest BCUT2D eigenvalue weighted by molar-refractivity contribution is -0.122. The van der Waals surface area contributed by atoms with Crippen molar-refractivity contribution >= 4 is 23.3 Å². The van der Waals surface area contributed by atoms with E-state index in [1.807, 2.05) is 43.3 Å². The summed E-state index contributed by atoms with van der Waals surface area (Å²) >= 11 is 0. The van der Waals surface area contributed by atoms with Crippen LogP contribution in [0.2, 0.25) is 0 Å². The summed E-state index contributed by atoms with van der Waals surface area (Å²) in [5.74, 6) is -0.0247. The van der Waals surface area contributed by atoms with Crippen molar-refractivity contribution in [2.75, 3.05) is 16.8 Å². The normalized spacial score (nSPS) is 17.6. The van der Waals surface area contributed by atoms with E-state index in [4.69, 9.17) is 0 Å². The van der Waals surface area contributed by atoms with E-state index in [-0.39, 0.29) is 24.2 Å². The van der Waals surface area contributed by atoms with Gasteiger partial charge in [-0.1, -0.05) is 24.3 Å². The minimum atomic E-state index is -0.351. The van der Waals surface area contributed by atoms with E-state index in [9.17, 15) is 9.59 Å². The molecule has 1 unspecified atom stereocenters. The Kier molecular flexibility index (Phi) is 3.87. The van der Waals surface area contributed by atoms with Crippen molar-refractivity contribution < 1.29 is 9.59 Å². The molecular formula is C17H17N3O2. The Hall–Kier alpha value is -2.69. The van der Waals surface area contributed by atoms with Crippen molar-refractivity contribution in [3.63, 3.8) is 0 Å². The molecule has 5 nitrogen and oxygen atoms in total. The van der Waals surface area contributed by atoms with Gasteiger partial charge >= 0.3 is 0 Å². The molecule has 1 saturated heterocycles. The van der Waals surface area contributed by atoms with Gasteiger partial charge in [-0.15, -0.1) is 0 Å². The Balaban J connectivity index is 1.67. The lowest BCUT2D eigenvalue weighted by Gasteiger charge is -2.16. The standard InChI is InChI=1S/C17H17N3O2/c1-12-7-8-15(18-10-12)19-17(22)13-9-16(21)20(11-13)14-5-3-2-4-6-14/h2-8,10,13H,9,11H2,1H3,(H,18,19,22). The van der Waals surface area contributed by atoms with Gasteiger partial charge in [0.2, 0.25) is 11.8 Å². The number of hydrogen-bond donors (Lipinski definition) is 1. The third kappa shape index (κ3) is 2.98. The molecule has 0 aliphatic carbocycles. The predicted molar refractivity (Wildman–Crippen MR) is 84.5 cm³/mol. The maximum Gasteiger partial charge on any atom is 0.230 e. The minimum Gasteiger partial charge on any atom is -0.312 e. The van der Waals surface area contributed by atoms with Crippen LogP contribution in [0.5, 0.6) is 0 Å². The number of para-hydroxylation sites is 1. The van der Waals surface area contributed by atoms with E-state index in [0.29, 0.717) is 12.4 Å². The molecule has 1 N–H and O–H groups in total. The van der Waals surface area contributed by atoms with Gasteiger partial charge in [-0.05, 0) is 30.7 Å².